The SMILES string of the molecule is Cc1ccc(S(=O)(=O)NNC(=O)c2ccc(Cl)cc2)cc1C(=O)O. The van der Waals surface area contributed by atoms with E-state index in [9.17, 15) is 18.0 Å². The largest absolute Gasteiger partial charge is 0.478 e. The second-order valence-corrected chi connectivity index (χ2v) is 6.97. The van der Waals surface area contributed by atoms with E-state index in [-0.39, 0.29) is 16.0 Å². The van der Waals surface area contributed by atoms with Crippen LogP contribution in [0.1, 0.15) is 26.3 Å². The van der Waals surface area contributed by atoms with Gasteiger partial charge in [-0.25, -0.2) is 13.2 Å². The van der Waals surface area contributed by atoms with Crippen molar-refractivity contribution in [1.29, 1.82) is 0 Å². The highest BCUT2D eigenvalue weighted by atomic mass is 35.5. The van der Waals surface area contributed by atoms with Crippen LogP contribution in [0.15, 0.2) is 47.4 Å². The molecule has 0 aliphatic rings. The quantitative estimate of drug-likeness (QED) is 0.698. The summed E-state index contributed by atoms with van der Waals surface area (Å²) in [4.78, 5) is 24.6. The Balaban J connectivity index is 2.17. The van der Waals surface area contributed by atoms with Crippen LogP contribution in [0.2, 0.25) is 5.02 Å². The van der Waals surface area contributed by atoms with Gasteiger partial charge < -0.3 is 5.11 Å². The molecule has 9 heteroatoms. The average Bonchev–Trinajstić information content (AvgIpc) is 2.53. The highest BCUT2D eigenvalue weighted by Gasteiger charge is 2.18. The molecule has 0 spiro atoms. The fraction of sp³-hybridized carbons (Fsp3) is 0.0667. The number of halogens is 1. The summed E-state index contributed by atoms with van der Waals surface area (Å²) in [6, 6.07) is 9.49. The van der Waals surface area contributed by atoms with Gasteiger partial charge in [0.05, 0.1) is 10.5 Å². The minimum atomic E-state index is -4.12. The first-order valence-electron chi connectivity index (χ1n) is 6.62. The third-order valence-electron chi connectivity index (χ3n) is 3.16. The normalized spacial score (nSPS) is 11.1. The maximum absolute atomic E-state index is 12.2. The predicted molar refractivity (Wildman–Crippen MR) is 87.4 cm³/mol. The first-order valence-corrected chi connectivity index (χ1v) is 8.48. The van der Waals surface area contributed by atoms with Gasteiger partial charge in [-0.2, -0.15) is 0 Å². The van der Waals surface area contributed by atoms with Crippen LogP contribution in [-0.4, -0.2) is 25.4 Å². The first kappa shape index (κ1) is 17.9. The summed E-state index contributed by atoms with van der Waals surface area (Å²) >= 11 is 5.71. The molecule has 0 atom stereocenters. The summed E-state index contributed by atoms with van der Waals surface area (Å²) in [7, 11) is -4.12. The zero-order valence-electron chi connectivity index (χ0n) is 12.4. The average molecular weight is 369 g/mol. The fourth-order valence-electron chi connectivity index (χ4n) is 1.84. The number of rotatable bonds is 5. The zero-order valence-corrected chi connectivity index (χ0v) is 14.0. The third kappa shape index (κ3) is 4.10. The van der Waals surface area contributed by atoms with Crippen molar-refractivity contribution in [3.8, 4) is 0 Å². The molecule has 1 amide bonds. The van der Waals surface area contributed by atoms with Crippen LogP contribution in [0.4, 0.5) is 0 Å². The number of hydrogen-bond donors (Lipinski definition) is 3. The van der Waals surface area contributed by atoms with E-state index < -0.39 is 21.9 Å². The second-order valence-electron chi connectivity index (χ2n) is 4.85. The van der Waals surface area contributed by atoms with Gasteiger partial charge in [0.1, 0.15) is 0 Å². The minimum absolute atomic E-state index is 0.137. The molecular formula is C15H13ClN2O5S. The molecule has 2 aromatic rings. The van der Waals surface area contributed by atoms with Gasteiger partial charge in [0.25, 0.3) is 15.9 Å². The van der Waals surface area contributed by atoms with Gasteiger partial charge in [0.15, 0.2) is 0 Å². The lowest BCUT2D eigenvalue weighted by Crippen LogP contribution is -2.41. The Morgan fingerprint density at radius 2 is 1.71 bits per heavy atom. The maximum atomic E-state index is 12.2. The number of carboxylic acid groups (broad SMARTS) is 1. The van der Waals surface area contributed by atoms with Gasteiger partial charge in [0, 0.05) is 10.6 Å². The van der Waals surface area contributed by atoms with Crippen molar-refractivity contribution in [3.63, 3.8) is 0 Å². The highest BCUT2D eigenvalue weighted by Crippen LogP contribution is 2.15. The first-order chi connectivity index (χ1) is 11.2. The molecular weight excluding hydrogens is 356 g/mol. The van der Waals surface area contributed by atoms with E-state index in [1.54, 1.807) is 6.92 Å². The van der Waals surface area contributed by atoms with Crippen LogP contribution in [-0.2, 0) is 10.0 Å². The number of sulfonamides is 1. The van der Waals surface area contributed by atoms with Crippen LogP contribution >= 0.6 is 11.6 Å². The number of aryl methyl sites for hydroxylation is 1. The number of benzene rings is 2. The smallest absolute Gasteiger partial charge is 0.335 e. The second kappa shape index (κ2) is 7.00. The van der Waals surface area contributed by atoms with Gasteiger partial charge in [-0.3, -0.25) is 10.2 Å². The molecule has 0 heterocycles. The van der Waals surface area contributed by atoms with Crippen LogP contribution < -0.4 is 10.3 Å². The van der Waals surface area contributed by atoms with Crippen molar-refractivity contribution in [2.75, 3.05) is 0 Å². The Morgan fingerprint density at radius 1 is 1.08 bits per heavy atom. The van der Waals surface area contributed by atoms with Crippen molar-refractivity contribution in [1.82, 2.24) is 10.3 Å². The summed E-state index contributed by atoms with van der Waals surface area (Å²) in [6.07, 6.45) is 0. The van der Waals surface area contributed by atoms with Crippen LogP contribution in [0, 0.1) is 6.92 Å². The summed E-state index contributed by atoms with van der Waals surface area (Å²) in [5, 5.41) is 9.49. The number of hydrazine groups is 1. The molecule has 0 radical (unpaired) electrons. The number of aromatic carboxylic acids is 1. The van der Waals surface area contributed by atoms with E-state index >= 15 is 0 Å². The zero-order chi connectivity index (χ0) is 17.9. The van der Waals surface area contributed by atoms with Crippen molar-refractivity contribution in [2.24, 2.45) is 0 Å². The molecule has 7 nitrogen and oxygen atoms in total. The van der Waals surface area contributed by atoms with Gasteiger partial charge in [-0.05, 0) is 48.9 Å². The molecule has 0 fully saturated rings. The molecule has 0 aliphatic carbocycles. The van der Waals surface area contributed by atoms with Crippen LogP contribution in [0.5, 0.6) is 0 Å². The molecule has 0 unspecified atom stereocenters. The summed E-state index contributed by atoms with van der Waals surface area (Å²) in [5.74, 6) is -1.92. The number of amides is 1. The van der Waals surface area contributed by atoms with Gasteiger partial charge in [-0.15, -0.1) is 4.83 Å². The van der Waals surface area contributed by atoms with Gasteiger partial charge in [0.2, 0.25) is 0 Å². The van der Waals surface area contributed by atoms with E-state index in [1.165, 1.54) is 36.4 Å². The Kier molecular flexibility index (Phi) is 5.23. The number of nitrogens with one attached hydrogen (secondary N) is 2. The monoisotopic (exact) mass is 368 g/mol. The lowest BCUT2D eigenvalue weighted by atomic mass is 10.1. The topological polar surface area (TPSA) is 113 Å². The molecule has 0 saturated heterocycles. The Labute approximate surface area is 143 Å². The number of carbonyl (C=O) groups excluding carboxylic acids is 1. The molecule has 0 bridgehead atoms. The molecule has 24 heavy (non-hydrogen) atoms. The molecule has 126 valence electrons. The van der Waals surface area contributed by atoms with Crippen molar-refractivity contribution in [3.05, 3.63) is 64.2 Å². The number of carbonyl (C=O) groups is 2. The molecule has 0 saturated carbocycles. The van der Waals surface area contributed by atoms with E-state index in [2.05, 4.69) is 5.43 Å². The predicted octanol–water partition coefficient (Wildman–Crippen LogP) is 1.97. The van der Waals surface area contributed by atoms with E-state index in [4.69, 9.17) is 16.7 Å². The maximum Gasteiger partial charge on any atom is 0.335 e. The van der Waals surface area contributed by atoms with Crippen molar-refractivity contribution < 1.29 is 23.1 Å². The Hall–Kier alpha value is -2.42. The number of carboxylic acids is 1. The highest BCUT2D eigenvalue weighted by molar-refractivity contribution is 7.89. The number of hydrogen-bond acceptors (Lipinski definition) is 4. The van der Waals surface area contributed by atoms with Crippen LogP contribution in [0.25, 0.3) is 0 Å². The molecule has 2 aromatic carbocycles. The summed E-state index contributed by atoms with van der Waals surface area (Å²) in [5.41, 5.74) is 2.54. The van der Waals surface area contributed by atoms with Crippen LogP contribution in [0.3, 0.4) is 0 Å². The molecule has 2 rings (SSSR count). The van der Waals surface area contributed by atoms with E-state index in [0.717, 1.165) is 6.07 Å². The Bertz CT molecular complexity index is 895. The van der Waals surface area contributed by atoms with Gasteiger partial charge in [-0.1, -0.05) is 17.7 Å². The molecule has 0 aromatic heterocycles. The van der Waals surface area contributed by atoms with Crippen molar-refractivity contribution >= 4 is 33.5 Å². The fourth-order valence-corrected chi connectivity index (χ4v) is 2.84. The van der Waals surface area contributed by atoms with E-state index in [0.29, 0.717) is 10.6 Å². The summed E-state index contributed by atoms with van der Waals surface area (Å²) < 4.78 is 24.3. The minimum Gasteiger partial charge on any atom is -0.478 e. The van der Waals surface area contributed by atoms with E-state index in [1.807, 2.05) is 4.83 Å². The standard InChI is InChI=1S/C15H13ClN2O5S/c1-9-2-7-12(8-13(9)15(20)21)24(22,23)18-17-14(19)10-3-5-11(16)6-4-10/h2-8,18H,1H3,(H,17,19)(H,20,21). The summed E-state index contributed by atoms with van der Waals surface area (Å²) in [6.45, 7) is 1.55. The van der Waals surface area contributed by atoms with Gasteiger partial charge >= 0.3 is 5.97 Å². The lowest BCUT2D eigenvalue weighted by Gasteiger charge is -2.10. The third-order valence-corrected chi connectivity index (χ3v) is 4.65. The molecule has 0 aliphatic heterocycles. The molecule has 3 N–H and O–H groups in total. The van der Waals surface area contributed by atoms with Crippen molar-refractivity contribution in [2.45, 2.75) is 11.8 Å². The lowest BCUT2D eigenvalue weighted by molar-refractivity contribution is 0.0695. The Morgan fingerprint density at radius 3 is 2.29 bits per heavy atom.